The molecule has 1 aromatic carbocycles. The molecule has 0 saturated carbocycles. The fourth-order valence-electron chi connectivity index (χ4n) is 1.26. The van der Waals surface area contributed by atoms with Gasteiger partial charge in [0.2, 0.25) is 0 Å². The van der Waals surface area contributed by atoms with Crippen LogP contribution in [0.5, 0.6) is 5.75 Å². The number of ether oxygens (including phenoxy) is 1. The quantitative estimate of drug-likeness (QED) is 0.504. The molecular formula is C14H19NO3. The smallest absolute Gasteiger partial charge is 0.316 e. The maximum Gasteiger partial charge on any atom is 0.316 e. The maximum atomic E-state index is 11.7. The van der Waals surface area contributed by atoms with Crippen LogP contribution in [0, 0.1) is 5.41 Å². The van der Waals surface area contributed by atoms with E-state index in [-0.39, 0.29) is 18.3 Å². The minimum atomic E-state index is -0.564. The van der Waals surface area contributed by atoms with Crippen molar-refractivity contribution in [3.05, 3.63) is 29.8 Å². The molecule has 0 fully saturated rings. The van der Waals surface area contributed by atoms with Crippen LogP contribution in [0.15, 0.2) is 24.3 Å². The van der Waals surface area contributed by atoms with E-state index in [1.54, 1.807) is 52.1 Å². The number of esters is 1. The number of carbonyl (C=O) groups excluding carboxylic acids is 2. The Balaban J connectivity index is 2.83. The lowest BCUT2D eigenvalue weighted by Crippen LogP contribution is -2.25. The van der Waals surface area contributed by atoms with Gasteiger partial charge in [-0.25, -0.2) is 0 Å². The Morgan fingerprint density at radius 1 is 1.28 bits per heavy atom. The van der Waals surface area contributed by atoms with Gasteiger partial charge in [0.1, 0.15) is 5.75 Å². The summed E-state index contributed by atoms with van der Waals surface area (Å²) in [5.74, 6) is 0.0451. The number of likely N-dealkylation sites (N-methyl/N-ethyl adjacent to an activating group) is 1. The molecule has 0 spiro atoms. The van der Waals surface area contributed by atoms with Crippen LogP contribution >= 0.6 is 0 Å². The van der Waals surface area contributed by atoms with Gasteiger partial charge in [-0.1, -0.05) is 12.1 Å². The minimum Gasteiger partial charge on any atom is -0.426 e. The molecule has 1 N–H and O–H groups in total. The number of carbonyl (C=O) groups is 2. The highest BCUT2D eigenvalue weighted by atomic mass is 16.5. The standard InChI is InChI=1S/C14H19NO3/c1-14(2,3)13(17)18-11-7-5-6-10(8-11)12(16)9-15-4/h5-8,15H,9H2,1-4H3. The third-order valence-electron chi connectivity index (χ3n) is 2.32. The maximum absolute atomic E-state index is 11.7. The third kappa shape index (κ3) is 3.96. The van der Waals surface area contributed by atoms with Crippen LogP contribution in [-0.4, -0.2) is 25.3 Å². The van der Waals surface area contributed by atoms with Gasteiger partial charge >= 0.3 is 5.97 Å². The Morgan fingerprint density at radius 2 is 1.94 bits per heavy atom. The minimum absolute atomic E-state index is 0.0360. The molecule has 4 nitrogen and oxygen atoms in total. The second-order valence-corrected chi connectivity index (χ2v) is 5.12. The summed E-state index contributed by atoms with van der Waals surface area (Å²) in [6.07, 6.45) is 0. The molecule has 1 aromatic rings. The molecule has 0 heterocycles. The Morgan fingerprint density at radius 3 is 2.50 bits per heavy atom. The van der Waals surface area contributed by atoms with Gasteiger partial charge in [0.05, 0.1) is 12.0 Å². The number of rotatable bonds is 4. The van der Waals surface area contributed by atoms with E-state index in [4.69, 9.17) is 4.74 Å². The van der Waals surface area contributed by atoms with Crippen LogP contribution < -0.4 is 10.1 Å². The molecule has 0 aliphatic heterocycles. The van der Waals surface area contributed by atoms with Crippen molar-refractivity contribution < 1.29 is 14.3 Å². The molecule has 0 aliphatic carbocycles. The van der Waals surface area contributed by atoms with Gasteiger partial charge in [-0.3, -0.25) is 9.59 Å². The summed E-state index contributed by atoms with van der Waals surface area (Å²) >= 11 is 0. The highest BCUT2D eigenvalue weighted by molar-refractivity contribution is 5.98. The van der Waals surface area contributed by atoms with E-state index < -0.39 is 5.41 Å². The van der Waals surface area contributed by atoms with Crippen molar-refractivity contribution in [1.29, 1.82) is 0 Å². The topological polar surface area (TPSA) is 55.4 Å². The lowest BCUT2D eigenvalue weighted by molar-refractivity contribution is -0.143. The molecule has 0 saturated heterocycles. The Kier molecular flexibility index (Phi) is 4.62. The summed E-state index contributed by atoms with van der Waals surface area (Å²) in [5, 5.41) is 2.79. The first-order chi connectivity index (χ1) is 8.34. The number of hydrogen-bond donors (Lipinski definition) is 1. The second-order valence-electron chi connectivity index (χ2n) is 5.12. The molecule has 0 aliphatic rings. The molecule has 0 aromatic heterocycles. The average Bonchev–Trinajstić information content (AvgIpc) is 2.28. The third-order valence-corrected chi connectivity index (χ3v) is 2.32. The predicted octanol–water partition coefficient (Wildman–Crippen LogP) is 2.04. The Bertz CT molecular complexity index is 447. The van der Waals surface area contributed by atoms with Crippen molar-refractivity contribution in [2.75, 3.05) is 13.6 Å². The summed E-state index contributed by atoms with van der Waals surface area (Å²) in [6.45, 7) is 5.61. The first-order valence-electron chi connectivity index (χ1n) is 5.84. The number of nitrogens with one attached hydrogen (secondary N) is 1. The highest BCUT2D eigenvalue weighted by Crippen LogP contribution is 2.20. The van der Waals surface area contributed by atoms with Gasteiger partial charge in [-0.15, -0.1) is 0 Å². The second kappa shape index (κ2) is 5.78. The van der Waals surface area contributed by atoms with Crippen molar-refractivity contribution in [3.63, 3.8) is 0 Å². The molecule has 0 radical (unpaired) electrons. The number of Topliss-reactive ketones (excluding diaryl/α,β-unsaturated/α-hetero) is 1. The summed E-state index contributed by atoms with van der Waals surface area (Å²) < 4.78 is 5.24. The SMILES string of the molecule is CNCC(=O)c1cccc(OC(=O)C(C)(C)C)c1. The average molecular weight is 249 g/mol. The molecule has 0 atom stereocenters. The van der Waals surface area contributed by atoms with Gasteiger partial charge in [0, 0.05) is 5.56 Å². The molecule has 0 unspecified atom stereocenters. The van der Waals surface area contributed by atoms with Crippen LogP contribution in [0.3, 0.4) is 0 Å². The van der Waals surface area contributed by atoms with Gasteiger partial charge in [0.25, 0.3) is 0 Å². The summed E-state index contributed by atoms with van der Waals surface area (Å²) in [6, 6.07) is 6.66. The van der Waals surface area contributed by atoms with E-state index in [1.165, 1.54) is 0 Å². The first kappa shape index (κ1) is 14.4. The fraction of sp³-hybridized carbons (Fsp3) is 0.429. The molecule has 1 rings (SSSR count). The zero-order chi connectivity index (χ0) is 13.8. The molecule has 0 bridgehead atoms. The Hall–Kier alpha value is -1.68. The molecule has 4 heteroatoms. The lowest BCUT2D eigenvalue weighted by Gasteiger charge is -2.16. The van der Waals surface area contributed by atoms with Crippen LogP contribution in [-0.2, 0) is 4.79 Å². The van der Waals surface area contributed by atoms with Crippen molar-refractivity contribution in [1.82, 2.24) is 5.32 Å². The Labute approximate surface area is 107 Å². The monoisotopic (exact) mass is 249 g/mol. The number of ketones is 1. The largest absolute Gasteiger partial charge is 0.426 e. The molecule has 18 heavy (non-hydrogen) atoms. The van der Waals surface area contributed by atoms with Crippen LogP contribution in [0.2, 0.25) is 0 Å². The van der Waals surface area contributed by atoms with E-state index >= 15 is 0 Å². The van der Waals surface area contributed by atoms with E-state index in [9.17, 15) is 9.59 Å². The summed E-state index contributed by atoms with van der Waals surface area (Å²) in [7, 11) is 1.71. The number of hydrogen-bond acceptors (Lipinski definition) is 4. The van der Waals surface area contributed by atoms with Crippen molar-refractivity contribution in [2.45, 2.75) is 20.8 Å². The van der Waals surface area contributed by atoms with E-state index in [0.717, 1.165) is 0 Å². The van der Waals surface area contributed by atoms with Gasteiger partial charge in [-0.2, -0.15) is 0 Å². The zero-order valence-corrected chi connectivity index (χ0v) is 11.2. The highest BCUT2D eigenvalue weighted by Gasteiger charge is 2.23. The van der Waals surface area contributed by atoms with E-state index in [1.807, 2.05) is 0 Å². The van der Waals surface area contributed by atoms with Gasteiger partial charge in [0.15, 0.2) is 5.78 Å². The van der Waals surface area contributed by atoms with Crippen LogP contribution in [0.25, 0.3) is 0 Å². The van der Waals surface area contributed by atoms with Gasteiger partial charge in [-0.05, 0) is 40.0 Å². The summed E-state index contributed by atoms with van der Waals surface area (Å²) in [5.41, 5.74) is -0.0334. The van der Waals surface area contributed by atoms with Crippen LogP contribution in [0.1, 0.15) is 31.1 Å². The number of benzene rings is 1. The first-order valence-corrected chi connectivity index (χ1v) is 5.84. The van der Waals surface area contributed by atoms with Crippen molar-refractivity contribution in [2.24, 2.45) is 5.41 Å². The lowest BCUT2D eigenvalue weighted by atomic mass is 9.97. The molecular weight excluding hydrogens is 230 g/mol. The normalized spacial score (nSPS) is 11.1. The van der Waals surface area contributed by atoms with E-state index in [0.29, 0.717) is 11.3 Å². The summed E-state index contributed by atoms with van der Waals surface area (Å²) in [4.78, 5) is 23.4. The van der Waals surface area contributed by atoms with E-state index in [2.05, 4.69) is 5.32 Å². The molecule has 0 amide bonds. The zero-order valence-electron chi connectivity index (χ0n) is 11.2. The predicted molar refractivity (Wildman–Crippen MR) is 69.8 cm³/mol. The van der Waals surface area contributed by atoms with Crippen molar-refractivity contribution >= 4 is 11.8 Å². The van der Waals surface area contributed by atoms with Crippen LogP contribution in [0.4, 0.5) is 0 Å². The van der Waals surface area contributed by atoms with Gasteiger partial charge < -0.3 is 10.1 Å². The molecule has 98 valence electrons. The van der Waals surface area contributed by atoms with Crippen molar-refractivity contribution in [3.8, 4) is 5.75 Å². The fourth-order valence-corrected chi connectivity index (χ4v) is 1.26.